The Morgan fingerprint density at radius 2 is 1.83 bits per heavy atom. The molecule has 1 rings (SSSR count). The van der Waals surface area contributed by atoms with Crippen molar-refractivity contribution >= 4 is 17.3 Å². The number of thiophene rings is 1. The van der Waals surface area contributed by atoms with Crippen molar-refractivity contribution in [3.8, 4) is 0 Å². The molecule has 0 unspecified atom stereocenters. The van der Waals surface area contributed by atoms with E-state index in [2.05, 4.69) is 58.8 Å². The van der Waals surface area contributed by atoms with Crippen LogP contribution in [0, 0.1) is 0 Å². The van der Waals surface area contributed by atoms with Gasteiger partial charge in [-0.25, -0.2) is 0 Å². The quantitative estimate of drug-likeness (QED) is 0.381. The lowest BCUT2D eigenvalue weighted by Crippen LogP contribution is -2.40. The van der Waals surface area contributed by atoms with Crippen molar-refractivity contribution in [1.29, 1.82) is 0 Å². The van der Waals surface area contributed by atoms with E-state index in [9.17, 15) is 0 Å². The van der Waals surface area contributed by atoms with Crippen LogP contribution in [0.3, 0.4) is 0 Å². The molecular weight excluding hydrogens is 304 g/mol. The van der Waals surface area contributed by atoms with Gasteiger partial charge in [0.15, 0.2) is 5.96 Å². The number of unbranched alkanes of at least 4 members (excludes halogenated alkanes) is 4. The van der Waals surface area contributed by atoms with Crippen LogP contribution in [0.5, 0.6) is 0 Å². The van der Waals surface area contributed by atoms with E-state index in [0.29, 0.717) is 0 Å². The fourth-order valence-corrected chi connectivity index (χ4v) is 3.21. The Hall–Kier alpha value is -1.07. The highest BCUT2D eigenvalue weighted by molar-refractivity contribution is 7.09. The summed E-state index contributed by atoms with van der Waals surface area (Å²) in [6.45, 7) is 3.23. The van der Waals surface area contributed by atoms with E-state index in [1.807, 2.05) is 18.4 Å². The third kappa shape index (κ3) is 9.61. The minimum absolute atomic E-state index is 1.00. The lowest BCUT2D eigenvalue weighted by Gasteiger charge is -2.21. The Balaban J connectivity index is 2.06. The largest absolute Gasteiger partial charge is 0.356 e. The van der Waals surface area contributed by atoms with Crippen LogP contribution in [0.15, 0.2) is 22.5 Å². The normalized spacial score (nSPS) is 12.0. The van der Waals surface area contributed by atoms with E-state index in [1.54, 1.807) is 0 Å². The predicted molar refractivity (Wildman–Crippen MR) is 104 cm³/mol. The van der Waals surface area contributed by atoms with Crippen LogP contribution >= 0.6 is 11.3 Å². The molecule has 0 radical (unpaired) electrons. The van der Waals surface area contributed by atoms with Crippen LogP contribution in [0.1, 0.15) is 37.0 Å². The minimum atomic E-state index is 1.00. The van der Waals surface area contributed by atoms with Gasteiger partial charge in [0, 0.05) is 32.1 Å². The summed E-state index contributed by atoms with van der Waals surface area (Å²) in [6, 6.07) is 4.32. The summed E-state index contributed by atoms with van der Waals surface area (Å²) in [5.74, 6) is 1.01. The Morgan fingerprint density at radius 1 is 1.09 bits per heavy atom. The van der Waals surface area contributed by atoms with Crippen molar-refractivity contribution in [2.45, 2.75) is 38.5 Å². The van der Waals surface area contributed by atoms with Gasteiger partial charge in [-0.1, -0.05) is 25.3 Å². The molecule has 1 heterocycles. The topological polar surface area (TPSA) is 30.9 Å². The first kappa shape index (κ1) is 20.0. The lowest BCUT2D eigenvalue weighted by molar-refractivity contribution is 0.389. The average molecular weight is 339 g/mol. The van der Waals surface area contributed by atoms with Crippen LogP contribution in [0.2, 0.25) is 0 Å². The molecule has 0 fully saturated rings. The van der Waals surface area contributed by atoms with Gasteiger partial charge in [-0.15, -0.1) is 11.3 Å². The van der Waals surface area contributed by atoms with Crippen LogP contribution in [0.4, 0.5) is 0 Å². The van der Waals surface area contributed by atoms with E-state index < -0.39 is 0 Å². The highest BCUT2D eigenvalue weighted by Crippen LogP contribution is 2.09. The van der Waals surface area contributed by atoms with Crippen molar-refractivity contribution in [2.75, 3.05) is 47.8 Å². The van der Waals surface area contributed by atoms with Crippen LogP contribution in [0.25, 0.3) is 0 Å². The molecule has 132 valence electrons. The number of likely N-dealkylation sites (N-methyl/N-ethyl adjacent to an activating group) is 1. The fraction of sp³-hybridized carbons (Fsp3) is 0.722. The van der Waals surface area contributed by atoms with Crippen LogP contribution in [-0.2, 0) is 6.42 Å². The molecule has 1 aromatic rings. The summed E-state index contributed by atoms with van der Waals surface area (Å²) < 4.78 is 0. The monoisotopic (exact) mass is 338 g/mol. The van der Waals surface area contributed by atoms with E-state index in [4.69, 9.17) is 0 Å². The van der Waals surface area contributed by atoms with Crippen molar-refractivity contribution in [2.24, 2.45) is 4.99 Å². The molecule has 5 heteroatoms. The minimum Gasteiger partial charge on any atom is -0.356 e. The molecule has 0 atom stereocenters. The van der Waals surface area contributed by atoms with Crippen LogP contribution < -0.4 is 5.32 Å². The summed E-state index contributed by atoms with van der Waals surface area (Å²) in [4.78, 5) is 10.3. The maximum Gasteiger partial charge on any atom is 0.193 e. The average Bonchev–Trinajstić information content (AvgIpc) is 3.04. The number of guanidine groups is 1. The van der Waals surface area contributed by atoms with Crippen molar-refractivity contribution < 1.29 is 0 Å². The first-order chi connectivity index (χ1) is 11.1. The SMILES string of the molecule is CN=C(NCCCCCCCN(C)C)N(C)CCc1cccs1. The van der Waals surface area contributed by atoms with E-state index in [1.165, 1.54) is 43.5 Å². The third-order valence-corrected chi connectivity index (χ3v) is 4.85. The number of hydrogen-bond acceptors (Lipinski definition) is 3. The van der Waals surface area contributed by atoms with Crippen molar-refractivity contribution in [3.05, 3.63) is 22.4 Å². The Labute approximate surface area is 146 Å². The number of hydrogen-bond donors (Lipinski definition) is 1. The molecule has 1 aromatic heterocycles. The third-order valence-electron chi connectivity index (χ3n) is 3.91. The standard InChI is InChI=1S/C18H34N4S/c1-19-18(22(4)15-12-17-11-10-16-23-17)20-13-8-6-5-7-9-14-21(2)3/h10-11,16H,5-9,12-15H2,1-4H3,(H,19,20). The highest BCUT2D eigenvalue weighted by atomic mass is 32.1. The summed E-state index contributed by atoms with van der Waals surface area (Å²) >= 11 is 1.83. The van der Waals surface area contributed by atoms with E-state index in [-0.39, 0.29) is 0 Å². The Kier molecular flexibility index (Phi) is 10.7. The summed E-state index contributed by atoms with van der Waals surface area (Å²) in [6.07, 6.45) is 7.60. The van der Waals surface area contributed by atoms with E-state index >= 15 is 0 Å². The summed E-state index contributed by atoms with van der Waals surface area (Å²) in [5.41, 5.74) is 0. The molecule has 0 aromatic carbocycles. The second-order valence-electron chi connectivity index (χ2n) is 6.30. The molecule has 23 heavy (non-hydrogen) atoms. The summed E-state index contributed by atoms with van der Waals surface area (Å²) in [7, 11) is 8.27. The van der Waals surface area contributed by atoms with Gasteiger partial charge < -0.3 is 15.1 Å². The summed E-state index contributed by atoms with van der Waals surface area (Å²) in [5, 5.41) is 5.62. The van der Waals surface area contributed by atoms with Gasteiger partial charge >= 0.3 is 0 Å². The van der Waals surface area contributed by atoms with Gasteiger partial charge in [0.25, 0.3) is 0 Å². The van der Waals surface area contributed by atoms with Gasteiger partial charge in [-0.2, -0.15) is 0 Å². The highest BCUT2D eigenvalue weighted by Gasteiger charge is 2.05. The Bertz CT molecular complexity index is 415. The van der Waals surface area contributed by atoms with Gasteiger partial charge in [0.2, 0.25) is 0 Å². The van der Waals surface area contributed by atoms with Crippen molar-refractivity contribution in [3.63, 3.8) is 0 Å². The first-order valence-electron chi connectivity index (χ1n) is 8.72. The fourth-order valence-electron chi connectivity index (χ4n) is 2.51. The molecule has 0 aliphatic heterocycles. The van der Waals surface area contributed by atoms with E-state index in [0.717, 1.165) is 25.5 Å². The molecule has 0 aliphatic rings. The molecule has 4 nitrogen and oxygen atoms in total. The molecule has 0 saturated heterocycles. The molecule has 0 saturated carbocycles. The van der Waals surface area contributed by atoms with Crippen LogP contribution in [-0.4, -0.2) is 63.6 Å². The van der Waals surface area contributed by atoms with Gasteiger partial charge in [-0.05, 0) is 51.3 Å². The smallest absolute Gasteiger partial charge is 0.193 e. The Morgan fingerprint density at radius 3 is 2.48 bits per heavy atom. The zero-order chi connectivity index (χ0) is 16.9. The molecule has 0 amide bonds. The zero-order valence-electron chi connectivity index (χ0n) is 15.3. The molecule has 0 bridgehead atoms. The van der Waals surface area contributed by atoms with Gasteiger partial charge in [-0.3, -0.25) is 4.99 Å². The zero-order valence-corrected chi connectivity index (χ0v) is 16.2. The lowest BCUT2D eigenvalue weighted by atomic mass is 10.1. The predicted octanol–water partition coefficient (Wildman–Crippen LogP) is 3.31. The van der Waals surface area contributed by atoms with Gasteiger partial charge in [0.1, 0.15) is 0 Å². The maximum absolute atomic E-state index is 4.38. The molecule has 1 N–H and O–H groups in total. The second-order valence-corrected chi connectivity index (χ2v) is 7.33. The number of nitrogens with one attached hydrogen (secondary N) is 1. The molecule has 0 spiro atoms. The number of nitrogens with zero attached hydrogens (tertiary/aromatic N) is 3. The second kappa shape index (κ2) is 12.4. The molecular formula is C18H34N4S. The first-order valence-corrected chi connectivity index (χ1v) is 9.60. The van der Waals surface area contributed by atoms with Gasteiger partial charge in [0.05, 0.1) is 0 Å². The molecule has 0 aliphatic carbocycles. The van der Waals surface area contributed by atoms with Crippen molar-refractivity contribution in [1.82, 2.24) is 15.1 Å². The maximum atomic E-state index is 4.38. The number of rotatable bonds is 11. The number of aliphatic imine (C=N–C) groups is 1.